The third kappa shape index (κ3) is 6.24. The Hall–Kier alpha value is -3.63. The number of carbonyl (C=O) groups is 2. The van der Waals surface area contributed by atoms with E-state index < -0.39 is 11.4 Å². The summed E-state index contributed by atoms with van der Waals surface area (Å²) in [5.41, 5.74) is 1.33. The summed E-state index contributed by atoms with van der Waals surface area (Å²) in [6, 6.07) is 24.2. The van der Waals surface area contributed by atoms with Crippen LogP contribution in [0.5, 0.6) is 5.75 Å². The highest BCUT2D eigenvalue weighted by Gasteiger charge is 2.37. The number of carbonyl (C=O) groups excluding carboxylic acids is 1. The Bertz CT molecular complexity index is 1180. The van der Waals surface area contributed by atoms with Crippen LogP contribution in [0.4, 0.5) is 0 Å². The monoisotopic (exact) mass is 474 g/mol. The predicted octanol–water partition coefficient (Wildman–Crippen LogP) is 6.84. The van der Waals surface area contributed by atoms with Crippen LogP contribution in [0.1, 0.15) is 36.0 Å². The maximum atomic E-state index is 13.8. The number of para-hydroxylation sites is 1. The van der Waals surface area contributed by atoms with Crippen molar-refractivity contribution in [1.29, 1.82) is 0 Å². The number of carboxylic acids is 1. The van der Waals surface area contributed by atoms with Gasteiger partial charge in [0.25, 0.3) is 0 Å². The second kappa shape index (κ2) is 12.0. The molecule has 1 unspecified atom stereocenters. The van der Waals surface area contributed by atoms with Gasteiger partial charge in [-0.2, -0.15) is 0 Å². The first kappa shape index (κ1) is 25.0. The van der Waals surface area contributed by atoms with Gasteiger partial charge in [-0.25, -0.2) is 0 Å². The molecule has 1 atom stereocenters. The van der Waals surface area contributed by atoms with Gasteiger partial charge in [-0.1, -0.05) is 90.5 Å². The average molecular weight is 475 g/mol. The van der Waals surface area contributed by atoms with Crippen molar-refractivity contribution in [3.63, 3.8) is 0 Å². The van der Waals surface area contributed by atoms with Crippen molar-refractivity contribution in [2.45, 2.75) is 24.7 Å². The summed E-state index contributed by atoms with van der Waals surface area (Å²) >= 11 is 6.28. The number of rotatable bonds is 11. The highest BCUT2D eigenvalue weighted by Crippen LogP contribution is 2.36. The van der Waals surface area contributed by atoms with Crippen LogP contribution in [0, 0.1) is 0 Å². The Balaban J connectivity index is 2.02. The van der Waals surface area contributed by atoms with Crippen LogP contribution in [0.15, 0.2) is 91.0 Å². The standard InChI is InChI=1S/C29H27ClO4/c1-34-26-16-8-6-11-23(26)17-18-27(31)29(21-19-28(32)33,24-13-3-2-4-14-24)20-9-12-22-10-5-7-15-25(22)30/h2-18H,19-21H2,1H3,(H,32,33)/b12-9+,18-17+. The number of benzene rings is 3. The van der Waals surface area contributed by atoms with Crippen molar-refractivity contribution in [2.24, 2.45) is 0 Å². The number of carboxylic acid groups (broad SMARTS) is 1. The molecule has 0 aliphatic heterocycles. The lowest BCUT2D eigenvalue weighted by atomic mass is 9.70. The molecule has 5 heteroatoms. The summed E-state index contributed by atoms with van der Waals surface area (Å²) in [4.78, 5) is 25.3. The molecule has 0 saturated carbocycles. The second-order valence-electron chi connectivity index (χ2n) is 7.91. The number of hydrogen-bond acceptors (Lipinski definition) is 3. The number of ether oxygens (including phenoxy) is 1. The van der Waals surface area contributed by atoms with Gasteiger partial charge in [0.1, 0.15) is 5.75 Å². The third-order valence-electron chi connectivity index (χ3n) is 5.79. The first-order chi connectivity index (χ1) is 16.5. The van der Waals surface area contributed by atoms with E-state index in [1.165, 1.54) is 6.08 Å². The van der Waals surface area contributed by atoms with E-state index in [0.29, 0.717) is 17.2 Å². The lowest BCUT2D eigenvalue weighted by Gasteiger charge is -2.31. The van der Waals surface area contributed by atoms with E-state index >= 15 is 0 Å². The molecule has 3 aromatic carbocycles. The molecule has 34 heavy (non-hydrogen) atoms. The summed E-state index contributed by atoms with van der Waals surface area (Å²) in [6.07, 6.45) is 7.36. The zero-order valence-corrected chi connectivity index (χ0v) is 19.7. The van der Waals surface area contributed by atoms with Crippen LogP contribution in [0.2, 0.25) is 5.02 Å². The Morgan fingerprint density at radius 3 is 2.24 bits per heavy atom. The Morgan fingerprint density at radius 1 is 0.912 bits per heavy atom. The predicted molar refractivity (Wildman–Crippen MR) is 137 cm³/mol. The van der Waals surface area contributed by atoms with Crippen molar-refractivity contribution in [3.05, 3.63) is 113 Å². The van der Waals surface area contributed by atoms with Crippen LogP contribution in [-0.2, 0) is 15.0 Å². The van der Waals surface area contributed by atoms with E-state index in [4.69, 9.17) is 16.3 Å². The number of halogens is 1. The van der Waals surface area contributed by atoms with Crippen LogP contribution in [-0.4, -0.2) is 24.0 Å². The quantitative estimate of drug-likeness (QED) is 0.309. The smallest absolute Gasteiger partial charge is 0.303 e. The highest BCUT2D eigenvalue weighted by atomic mass is 35.5. The number of methoxy groups -OCH3 is 1. The Labute approximate surface area is 205 Å². The van der Waals surface area contributed by atoms with Gasteiger partial charge in [0.05, 0.1) is 12.5 Å². The molecule has 0 saturated heterocycles. The lowest BCUT2D eigenvalue weighted by Crippen LogP contribution is -2.35. The SMILES string of the molecule is COc1ccccc1/C=C/C(=O)C(C/C=C/c1ccccc1Cl)(CCC(=O)O)c1ccccc1. The van der Waals surface area contributed by atoms with Crippen molar-refractivity contribution in [2.75, 3.05) is 7.11 Å². The fourth-order valence-electron chi connectivity index (χ4n) is 3.93. The van der Waals surface area contributed by atoms with Gasteiger partial charge in [0.15, 0.2) is 5.78 Å². The molecule has 0 spiro atoms. The molecular weight excluding hydrogens is 448 g/mol. The van der Waals surface area contributed by atoms with Gasteiger partial charge in [-0.05, 0) is 48.3 Å². The molecule has 174 valence electrons. The zero-order chi connectivity index (χ0) is 24.4. The van der Waals surface area contributed by atoms with E-state index in [9.17, 15) is 14.7 Å². The van der Waals surface area contributed by atoms with Crippen molar-refractivity contribution < 1.29 is 19.4 Å². The molecule has 0 radical (unpaired) electrons. The van der Waals surface area contributed by atoms with E-state index in [1.807, 2.05) is 84.9 Å². The third-order valence-corrected chi connectivity index (χ3v) is 6.13. The van der Waals surface area contributed by atoms with E-state index in [0.717, 1.165) is 16.7 Å². The maximum Gasteiger partial charge on any atom is 0.303 e. The van der Waals surface area contributed by atoms with Gasteiger partial charge in [-0.3, -0.25) is 9.59 Å². The molecule has 1 N–H and O–H groups in total. The van der Waals surface area contributed by atoms with Gasteiger partial charge in [0.2, 0.25) is 0 Å². The van der Waals surface area contributed by atoms with Crippen molar-refractivity contribution in [1.82, 2.24) is 0 Å². The molecule has 0 aromatic heterocycles. The summed E-state index contributed by atoms with van der Waals surface area (Å²) < 4.78 is 5.39. The number of allylic oxidation sites excluding steroid dienone is 2. The molecule has 0 fully saturated rings. The zero-order valence-electron chi connectivity index (χ0n) is 19.0. The van der Waals surface area contributed by atoms with Crippen LogP contribution in [0.3, 0.4) is 0 Å². The molecule has 3 rings (SSSR count). The van der Waals surface area contributed by atoms with Gasteiger partial charge >= 0.3 is 5.97 Å². The topological polar surface area (TPSA) is 63.6 Å². The Kier molecular flexibility index (Phi) is 8.83. The summed E-state index contributed by atoms with van der Waals surface area (Å²) in [7, 11) is 1.58. The normalized spacial score (nSPS) is 13.1. The van der Waals surface area contributed by atoms with Crippen molar-refractivity contribution in [3.8, 4) is 5.75 Å². The second-order valence-corrected chi connectivity index (χ2v) is 8.32. The van der Waals surface area contributed by atoms with Crippen LogP contribution >= 0.6 is 11.6 Å². The van der Waals surface area contributed by atoms with Crippen LogP contribution < -0.4 is 4.74 Å². The van der Waals surface area contributed by atoms with Gasteiger partial charge < -0.3 is 9.84 Å². The molecule has 4 nitrogen and oxygen atoms in total. The van der Waals surface area contributed by atoms with Crippen molar-refractivity contribution >= 4 is 35.5 Å². The maximum absolute atomic E-state index is 13.8. The van der Waals surface area contributed by atoms with E-state index in [-0.39, 0.29) is 18.6 Å². The molecule has 0 aliphatic carbocycles. The Morgan fingerprint density at radius 2 is 1.56 bits per heavy atom. The minimum absolute atomic E-state index is 0.136. The van der Waals surface area contributed by atoms with Gasteiger partial charge in [0, 0.05) is 17.0 Å². The molecule has 0 aliphatic rings. The number of aliphatic carboxylic acids is 1. The number of hydrogen-bond donors (Lipinski definition) is 1. The average Bonchev–Trinajstić information content (AvgIpc) is 2.86. The fourth-order valence-corrected chi connectivity index (χ4v) is 4.13. The highest BCUT2D eigenvalue weighted by molar-refractivity contribution is 6.32. The first-order valence-electron chi connectivity index (χ1n) is 11.0. The summed E-state index contributed by atoms with van der Waals surface area (Å²) in [5, 5.41) is 10.0. The molecule has 3 aromatic rings. The largest absolute Gasteiger partial charge is 0.496 e. The van der Waals surface area contributed by atoms with Gasteiger partial charge in [-0.15, -0.1) is 0 Å². The van der Waals surface area contributed by atoms with Crippen LogP contribution in [0.25, 0.3) is 12.2 Å². The lowest BCUT2D eigenvalue weighted by molar-refractivity contribution is -0.137. The summed E-state index contributed by atoms with van der Waals surface area (Å²) in [5.74, 6) is -0.465. The minimum atomic E-state index is -1.05. The summed E-state index contributed by atoms with van der Waals surface area (Å²) in [6.45, 7) is 0. The molecule has 0 heterocycles. The van der Waals surface area contributed by atoms with E-state index in [1.54, 1.807) is 19.3 Å². The van der Waals surface area contributed by atoms with E-state index in [2.05, 4.69) is 0 Å². The number of ketones is 1. The minimum Gasteiger partial charge on any atom is -0.496 e. The molecule has 0 bridgehead atoms. The molecular formula is C29H27ClO4. The first-order valence-corrected chi connectivity index (χ1v) is 11.4. The fraction of sp³-hybridized carbons (Fsp3) is 0.172. The molecule has 0 amide bonds.